The van der Waals surface area contributed by atoms with E-state index in [1.807, 2.05) is 6.07 Å². The number of halogens is 1. The van der Waals surface area contributed by atoms with Gasteiger partial charge in [0.1, 0.15) is 5.82 Å². The highest BCUT2D eigenvalue weighted by atomic mass is 19.1. The van der Waals surface area contributed by atoms with E-state index in [1.165, 1.54) is 32.0 Å². The predicted molar refractivity (Wildman–Crippen MR) is 94.3 cm³/mol. The lowest BCUT2D eigenvalue weighted by Crippen LogP contribution is -2.42. The van der Waals surface area contributed by atoms with Gasteiger partial charge in [-0.1, -0.05) is 19.1 Å². The van der Waals surface area contributed by atoms with Crippen molar-refractivity contribution < 1.29 is 4.39 Å². The van der Waals surface area contributed by atoms with Crippen LogP contribution in [0.15, 0.2) is 29.3 Å². The second-order valence-corrected chi connectivity index (χ2v) is 6.37. The maximum atomic E-state index is 13.1. The first-order valence-electron chi connectivity index (χ1n) is 8.58. The third-order valence-corrected chi connectivity index (χ3v) is 4.21. The zero-order valence-electron chi connectivity index (χ0n) is 14.3. The number of benzene rings is 1. The lowest BCUT2D eigenvalue weighted by Gasteiger charge is -2.21. The third-order valence-electron chi connectivity index (χ3n) is 4.21. The van der Waals surface area contributed by atoms with E-state index in [-0.39, 0.29) is 5.82 Å². The Kier molecular flexibility index (Phi) is 7.33. The highest BCUT2D eigenvalue weighted by Gasteiger charge is 2.14. The van der Waals surface area contributed by atoms with Crippen LogP contribution in [0, 0.1) is 11.7 Å². The molecule has 1 atom stereocenters. The van der Waals surface area contributed by atoms with Gasteiger partial charge in [0, 0.05) is 26.7 Å². The molecule has 1 saturated heterocycles. The number of nitrogens with one attached hydrogen (secondary N) is 2. The summed E-state index contributed by atoms with van der Waals surface area (Å²) in [6, 6.07) is 6.74. The molecular formula is C18H29FN4. The van der Waals surface area contributed by atoms with Gasteiger partial charge in [-0.3, -0.25) is 4.99 Å². The normalized spacial score (nSPS) is 17.3. The van der Waals surface area contributed by atoms with Crippen LogP contribution in [-0.2, 0) is 6.42 Å². The fourth-order valence-corrected chi connectivity index (χ4v) is 2.98. The molecule has 2 N–H and O–H groups in total. The molecule has 5 heteroatoms. The number of hydrogen-bond acceptors (Lipinski definition) is 2. The quantitative estimate of drug-likeness (QED) is 0.598. The summed E-state index contributed by atoms with van der Waals surface area (Å²) in [4.78, 5) is 6.78. The smallest absolute Gasteiger partial charge is 0.190 e. The zero-order chi connectivity index (χ0) is 16.5. The van der Waals surface area contributed by atoms with Gasteiger partial charge in [0.05, 0.1) is 0 Å². The summed E-state index contributed by atoms with van der Waals surface area (Å²) in [7, 11) is 1.78. The monoisotopic (exact) mass is 320 g/mol. The van der Waals surface area contributed by atoms with Gasteiger partial charge in [0.2, 0.25) is 0 Å². The minimum Gasteiger partial charge on any atom is -0.356 e. The lowest BCUT2D eigenvalue weighted by atomic mass is 10.1. The summed E-state index contributed by atoms with van der Waals surface area (Å²) in [6.45, 7) is 7.55. The van der Waals surface area contributed by atoms with E-state index in [0.717, 1.165) is 37.6 Å². The summed E-state index contributed by atoms with van der Waals surface area (Å²) in [5.41, 5.74) is 0.996. The SMILES string of the molecule is CN=C(NCCc1cccc(F)c1)NCC(C)CN1CCCC1. The van der Waals surface area contributed by atoms with Crippen molar-refractivity contribution in [3.63, 3.8) is 0 Å². The fraction of sp³-hybridized carbons (Fsp3) is 0.611. The number of rotatable bonds is 7. The van der Waals surface area contributed by atoms with Crippen LogP contribution in [0.4, 0.5) is 4.39 Å². The van der Waals surface area contributed by atoms with Gasteiger partial charge < -0.3 is 15.5 Å². The Morgan fingerprint density at radius 2 is 2.09 bits per heavy atom. The lowest BCUT2D eigenvalue weighted by molar-refractivity contribution is 0.287. The molecule has 0 amide bonds. The molecule has 1 heterocycles. The van der Waals surface area contributed by atoms with Crippen molar-refractivity contribution in [3.05, 3.63) is 35.6 Å². The topological polar surface area (TPSA) is 39.7 Å². The number of guanidine groups is 1. The first-order valence-corrected chi connectivity index (χ1v) is 8.58. The van der Waals surface area contributed by atoms with Gasteiger partial charge in [-0.05, 0) is 56.0 Å². The van der Waals surface area contributed by atoms with E-state index in [4.69, 9.17) is 0 Å². The third kappa shape index (κ3) is 6.57. The average Bonchev–Trinajstić information content (AvgIpc) is 3.03. The van der Waals surface area contributed by atoms with E-state index >= 15 is 0 Å². The highest BCUT2D eigenvalue weighted by Crippen LogP contribution is 2.09. The Morgan fingerprint density at radius 1 is 1.30 bits per heavy atom. The predicted octanol–water partition coefficient (Wildman–Crippen LogP) is 2.27. The van der Waals surface area contributed by atoms with Gasteiger partial charge in [-0.25, -0.2) is 4.39 Å². The molecule has 0 aromatic heterocycles. The number of aliphatic imine (C=N–C) groups is 1. The molecule has 0 aliphatic carbocycles. The highest BCUT2D eigenvalue weighted by molar-refractivity contribution is 5.79. The Morgan fingerprint density at radius 3 is 2.78 bits per heavy atom. The van der Waals surface area contributed by atoms with Gasteiger partial charge in [0.15, 0.2) is 5.96 Å². The Bertz CT molecular complexity index is 498. The maximum absolute atomic E-state index is 13.1. The van der Waals surface area contributed by atoms with Gasteiger partial charge >= 0.3 is 0 Å². The Hall–Kier alpha value is -1.62. The summed E-state index contributed by atoms with van der Waals surface area (Å²) in [5.74, 6) is 1.23. The summed E-state index contributed by atoms with van der Waals surface area (Å²) >= 11 is 0. The maximum Gasteiger partial charge on any atom is 0.190 e. The Balaban J connectivity index is 1.64. The van der Waals surface area contributed by atoms with Gasteiger partial charge in [-0.2, -0.15) is 0 Å². The second kappa shape index (κ2) is 9.50. The van der Waals surface area contributed by atoms with E-state index in [2.05, 4.69) is 27.4 Å². The van der Waals surface area contributed by atoms with E-state index < -0.39 is 0 Å². The molecular weight excluding hydrogens is 291 g/mol. The number of nitrogens with zero attached hydrogens (tertiary/aromatic N) is 2. The van der Waals surface area contributed by atoms with E-state index in [1.54, 1.807) is 19.2 Å². The molecule has 23 heavy (non-hydrogen) atoms. The van der Waals surface area contributed by atoms with Crippen molar-refractivity contribution in [2.45, 2.75) is 26.2 Å². The molecule has 2 rings (SSSR count). The minimum absolute atomic E-state index is 0.180. The molecule has 128 valence electrons. The first kappa shape index (κ1) is 17.7. The molecule has 1 unspecified atom stereocenters. The average molecular weight is 320 g/mol. The van der Waals surface area contributed by atoms with Gasteiger partial charge in [0.25, 0.3) is 0 Å². The molecule has 0 bridgehead atoms. The zero-order valence-corrected chi connectivity index (χ0v) is 14.3. The summed E-state index contributed by atoms with van der Waals surface area (Å²) < 4.78 is 13.1. The molecule has 0 spiro atoms. The molecule has 0 saturated carbocycles. The van der Waals surface area contributed by atoms with Crippen LogP contribution in [0.5, 0.6) is 0 Å². The van der Waals surface area contributed by atoms with Crippen LogP contribution in [0.1, 0.15) is 25.3 Å². The molecule has 1 fully saturated rings. The first-order chi connectivity index (χ1) is 11.2. The number of likely N-dealkylation sites (tertiary alicyclic amines) is 1. The van der Waals surface area contributed by atoms with Crippen LogP contribution in [-0.4, -0.2) is 50.6 Å². The number of hydrogen-bond donors (Lipinski definition) is 2. The molecule has 1 aliphatic heterocycles. The van der Waals surface area contributed by atoms with Crippen LogP contribution < -0.4 is 10.6 Å². The van der Waals surface area contributed by atoms with Crippen molar-refractivity contribution >= 4 is 5.96 Å². The summed E-state index contributed by atoms with van der Waals surface area (Å²) in [5, 5.41) is 6.67. The fourth-order valence-electron chi connectivity index (χ4n) is 2.98. The van der Waals surface area contributed by atoms with Crippen molar-refractivity contribution in [1.82, 2.24) is 15.5 Å². The van der Waals surface area contributed by atoms with Crippen molar-refractivity contribution in [1.29, 1.82) is 0 Å². The molecule has 4 nitrogen and oxygen atoms in total. The van der Waals surface area contributed by atoms with E-state index in [0.29, 0.717) is 5.92 Å². The van der Waals surface area contributed by atoms with Crippen molar-refractivity contribution in [3.8, 4) is 0 Å². The molecule has 1 aromatic carbocycles. The Labute approximate surface area is 139 Å². The van der Waals surface area contributed by atoms with Crippen molar-refractivity contribution in [2.24, 2.45) is 10.9 Å². The molecule has 1 aliphatic rings. The molecule has 0 radical (unpaired) electrons. The second-order valence-electron chi connectivity index (χ2n) is 6.37. The largest absolute Gasteiger partial charge is 0.356 e. The van der Waals surface area contributed by atoms with Gasteiger partial charge in [-0.15, -0.1) is 0 Å². The van der Waals surface area contributed by atoms with Crippen LogP contribution >= 0.6 is 0 Å². The van der Waals surface area contributed by atoms with Crippen LogP contribution in [0.3, 0.4) is 0 Å². The summed E-state index contributed by atoms with van der Waals surface area (Å²) in [6.07, 6.45) is 3.45. The van der Waals surface area contributed by atoms with Crippen LogP contribution in [0.25, 0.3) is 0 Å². The van der Waals surface area contributed by atoms with E-state index in [9.17, 15) is 4.39 Å². The molecule has 1 aromatic rings. The minimum atomic E-state index is -0.180. The standard InChI is InChI=1S/C18H29FN4/c1-15(14-23-10-3-4-11-23)13-22-18(20-2)21-9-8-16-6-5-7-17(19)12-16/h5-7,12,15H,3-4,8-11,13-14H2,1-2H3,(H2,20,21,22). The van der Waals surface area contributed by atoms with Crippen LogP contribution in [0.2, 0.25) is 0 Å². The van der Waals surface area contributed by atoms with Crippen molar-refractivity contribution in [2.75, 3.05) is 39.8 Å².